The predicted molar refractivity (Wildman–Crippen MR) is 221 cm³/mol. The number of imidazole rings is 1. The summed E-state index contributed by atoms with van der Waals surface area (Å²) in [7, 11) is -1.56. The molecule has 9 aromatic rings. The van der Waals surface area contributed by atoms with E-state index >= 15 is 0 Å². The minimum absolute atomic E-state index is 0.940. The molecule has 3 heteroatoms. The molecule has 0 spiro atoms. The van der Waals surface area contributed by atoms with Crippen molar-refractivity contribution >= 4 is 45.8 Å². The SMILES string of the molecule is C[Si](C)(C)c1ccc2c(-c3ccccc3)c3cc(-c4ccc(-c5nc6ccccc6n5-c5ccccc5)cc4)ccc3c(-c3ccccc3)c2c1. The topological polar surface area (TPSA) is 17.8 Å². The molecule has 0 amide bonds. The van der Waals surface area contributed by atoms with Gasteiger partial charge in [-0.1, -0.05) is 170 Å². The Bertz CT molecular complexity index is 2690. The van der Waals surface area contributed by atoms with Crippen LogP contribution in [0.1, 0.15) is 0 Å². The summed E-state index contributed by atoms with van der Waals surface area (Å²) in [5, 5.41) is 6.63. The number of hydrogen-bond acceptors (Lipinski definition) is 1. The predicted octanol–water partition coefficient (Wildman–Crippen LogP) is 12.5. The van der Waals surface area contributed by atoms with E-state index in [0.717, 1.165) is 28.1 Å². The van der Waals surface area contributed by atoms with Crippen LogP contribution in [0.2, 0.25) is 19.6 Å². The van der Waals surface area contributed by atoms with Crippen molar-refractivity contribution in [3.8, 4) is 50.5 Å². The van der Waals surface area contributed by atoms with Gasteiger partial charge in [-0.25, -0.2) is 4.98 Å². The van der Waals surface area contributed by atoms with Crippen LogP contribution in [0.25, 0.3) is 83.0 Å². The normalized spacial score (nSPS) is 11.8. The van der Waals surface area contributed by atoms with E-state index in [0.29, 0.717) is 0 Å². The van der Waals surface area contributed by atoms with E-state index in [9.17, 15) is 0 Å². The molecule has 51 heavy (non-hydrogen) atoms. The summed E-state index contributed by atoms with van der Waals surface area (Å²) in [5.74, 6) is 0.940. The fraction of sp³-hybridized carbons (Fsp3) is 0.0625. The van der Waals surface area contributed by atoms with Crippen LogP contribution >= 0.6 is 0 Å². The van der Waals surface area contributed by atoms with Gasteiger partial charge in [0.05, 0.1) is 19.1 Å². The first-order chi connectivity index (χ1) is 24.9. The molecular formula is C48H38N2Si. The maximum absolute atomic E-state index is 5.10. The lowest BCUT2D eigenvalue weighted by atomic mass is 9.85. The van der Waals surface area contributed by atoms with E-state index in [1.54, 1.807) is 0 Å². The molecule has 0 atom stereocenters. The average molecular weight is 671 g/mol. The van der Waals surface area contributed by atoms with Gasteiger partial charge >= 0.3 is 0 Å². The molecule has 0 saturated carbocycles. The second kappa shape index (κ2) is 12.4. The Morgan fingerprint density at radius 2 is 0.922 bits per heavy atom. The monoisotopic (exact) mass is 670 g/mol. The maximum Gasteiger partial charge on any atom is 0.145 e. The Balaban J connectivity index is 1.25. The van der Waals surface area contributed by atoms with Gasteiger partial charge < -0.3 is 0 Å². The molecule has 0 bridgehead atoms. The molecule has 0 aliphatic rings. The average Bonchev–Trinajstić information content (AvgIpc) is 3.57. The van der Waals surface area contributed by atoms with Crippen molar-refractivity contribution in [1.29, 1.82) is 0 Å². The van der Waals surface area contributed by atoms with Crippen LogP contribution in [-0.4, -0.2) is 17.6 Å². The van der Waals surface area contributed by atoms with Gasteiger partial charge in [-0.3, -0.25) is 4.57 Å². The fourth-order valence-corrected chi connectivity index (χ4v) is 8.74. The number of benzene rings is 8. The highest BCUT2D eigenvalue weighted by atomic mass is 28.3. The number of rotatable bonds is 6. The molecule has 8 aromatic carbocycles. The number of fused-ring (bicyclic) bond motifs is 3. The molecular weight excluding hydrogens is 633 g/mol. The van der Waals surface area contributed by atoms with Crippen molar-refractivity contribution in [1.82, 2.24) is 9.55 Å². The first-order valence-corrected chi connectivity index (χ1v) is 21.2. The van der Waals surface area contributed by atoms with E-state index in [4.69, 9.17) is 4.98 Å². The van der Waals surface area contributed by atoms with Crippen LogP contribution in [0.5, 0.6) is 0 Å². The second-order valence-electron chi connectivity index (χ2n) is 14.4. The van der Waals surface area contributed by atoms with Crippen LogP contribution in [0.4, 0.5) is 0 Å². The van der Waals surface area contributed by atoms with Gasteiger partial charge in [0.1, 0.15) is 5.82 Å². The van der Waals surface area contributed by atoms with E-state index < -0.39 is 8.07 Å². The van der Waals surface area contributed by atoms with Crippen molar-refractivity contribution < 1.29 is 0 Å². The lowest BCUT2D eigenvalue weighted by Crippen LogP contribution is -2.37. The lowest BCUT2D eigenvalue weighted by Gasteiger charge is -2.22. The zero-order chi connectivity index (χ0) is 34.5. The molecule has 0 aliphatic carbocycles. The molecule has 2 nitrogen and oxygen atoms in total. The Morgan fingerprint density at radius 1 is 0.412 bits per heavy atom. The number of nitrogens with zero attached hydrogens (tertiary/aromatic N) is 2. The van der Waals surface area contributed by atoms with Crippen LogP contribution in [0, 0.1) is 0 Å². The highest BCUT2D eigenvalue weighted by molar-refractivity contribution is 6.88. The Hall–Kier alpha value is -6.03. The minimum atomic E-state index is -1.56. The minimum Gasteiger partial charge on any atom is -0.292 e. The number of para-hydroxylation sites is 3. The smallest absolute Gasteiger partial charge is 0.145 e. The van der Waals surface area contributed by atoms with Crippen molar-refractivity contribution in [3.05, 3.63) is 176 Å². The van der Waals surface area contributed by atoms with Crippen molar-refractivity contribution in [3.63, 3.8) is 0 Å². The number of aromatic nitrogens is 2. The van der Waals surface area contributed by atoms with E-state index in [-0.39, 0.29) is 0 Å². The lowest BCUT2D eigenvalue weighted by molar-refractivity contribution is 1.10. The third-order valence-corrected chi connectivity index (χ3v) is 12.2. The maximum atomic E-state index is 5.10. The quantitative estimate of drug-likeness (QED) is 0.127. The summed E-state index contributed by atoms with van der Waals surface area (Å²) in [6.07, 6.45) is 0. The van der Waals surface area contributed by atoms with Crippen LogP contribution < -0.4 is 5.19 Å². The van der Waals surface area contributed by atoms with Crippen molar-refractivity contribution in [2.24, 2.45) is 0 Å². The summed E-state index contributed by atoms with van der Waals surface area (Å²) in [5.41, 5.74) is 11.7. The van der Waals surface area contributed by atoms with E-state index in [1.165, 1.54) is 60.1 Å². The zero-order valence-electron chi connectivity index (χ0n) is 29.1. The largest absolute Gasteiger partial charge is 0.292 e. The van der Waals surface area contributed by atoms with Gasteiger partial charge in [-0.15, -0.1) is 0 Å². The Labute approximate surface area is 300 Å². The molecule has 0 aliphatic heterocycles. The van der Waals surface area contributed by atoms with Crippen molar-refractivity contribution in [2.45, 2.75) is 19.6 Å². The molecule has 0 N–H and O–H groups in total. The van der Waals surface area contributed by atoms with Gasteiger partial charge in [0, 0.05) is 11.3 Å². The molecule has 0 fully saturated rings. The van der Waals surface area contributed by atoms with Crippen LogP contribution in [-0.2, 0) is 0 Å². The highest BCUT2D eigenvalue weighted by Crippen LogP contribution is 2.45. The molecule has 0 radical (unpaired) electrons. The molecule has 9 rings (SSSR count). The van der Waals surface area contributed by atoms with Crippen molar-refractivity contribution in [2.75, 3.05) is 0 Å². The third kappa shape index (κ3) is 5.47. The fourth-order valence-electron chi connectivity index (χ4n) is 7.58. The Morgan fingerprint density at radius 3 is 1.55 bits per heavy atom. The highest BCUT2D eigenvalue weighted by Gasteiger charge is 2.22. The van der Waals surface area contributed by atoms with Gasteiger partial charge in [0.25, 0.3) is 0 Å². The first-order valence-electron chi connectivity index (χ1n) is 17.7. The summed E-state index contributed by atoms with van der Waals surface area (Å²) in [6.45, 7) is 7.30. The first kappa shape index (κ1) is 31.0. The summed E-state index contributed by atoms with van der Waals surface area (Å²) in [4.78, 5) is 5.10. The molecule has 0 saturated heterocycles. The molecule has 0 unspecified atom stereocenters. The molecule has 1 heterocycles. The van der Waals surface area contributed by atoms with Crippen LogP contribution in [0.15, 0.2) is 176 Å². The standard InChI is InChI=1S/C48H38N2Si/c1-51(2,3)39-28-30-41-43(32-39)47(35-17-9-5-10-18-35)40-29-27-37(31-42(40)46(41)34-15-7-4-8-16-34)33-23-25-36(26-24-33)48-49-44-21-13-14-22-45(44)50(48)38-19-11-6-12-20-38/h4-32H,1-3H3. The van der Waals surface area contributed by atoms with E-state index in [1.807, 2.05) is 0 Å². The van der Waals surface area contributed by atoms with Gasteiger partial charge in [-0.05, 0) is 85.3 Å². The van der Waals surface area contributed by atoms with Gasteiger partial charge in [-0.2, -0.15) is 0 Å². The van der Waals surface area contributed by atoms with Gasteiger partial charge in [0.15, 0.2) is 0 Å². The second-order valence-corrected chi connectivity index (χ2v) is 19.5. The third-order valence-electron chi connectivity index (χ3n) is 10.2. The van der Waals surface area contributed by atoms with Gasteiger partial charge in [0.2, 0.25) is 0 Å². The zero-order valence-corrected chi connectivity index (χ0v) is 30.1. The summed E-state index contributed by atoms with van der Waals surface area (Å²) < 4.78 is 2.26. The number of hydrogen-bond donors (Lipinski definition) is 0. The Kier molecular flexibility index (Phi) is 7.52. The molecule has 244 valence electrons. The summed E-state index contributed by atoms with van der Waals surface area (Å²) >= 11 is 0. The van der Waals surface area contributed by atoms with Crippen LogP contribution in [0.3, 0.4) is 0 Å². The van der Waals surface area contributed by atoms with E-state index in [2.05, 4.69) is 200 Å². The molecule has 1 aromatic heterocycles. The summed E-state index contributed by atoms with van der Waals surface area (Å²) in [6, 6.07) is 64.0.